The summed E-state index contributed by atoms with van der Waals surface area (Å²) in [6.45, 7) is 6.71. The zero-order valence-corrected chi connectivity index (χ0v) is 29.2. The Labute approximate surface area is 300 Å². The van der Waals surface area contributed by atoms with E-state index in [0.717, 1.165) is 67.3 Å². The van der Waals surface area contributed by atoms with Gasteiger partial charge in [0.1, 0.15) is 17.3 Å². The van der Waals surface area contributed by atoms with Crippen molar-refractivity contribution in [2.45, 2.75) is 26.2 Å². The zero-order chi connectivity index (χ0) is 35.0. The van der Waals surface area contributed by atoms with Crippen molar-refractivity contribution >= 4 is 49.7 Å². The second kappa shape index (κ2) is 11.4. The molecule has 0 aliphatic carbocycles. The van der Waals surface area contributed by atoms with E-state index in [0.29, 0.717) is 0 Å². The molecular weight excluding hydrogens is 639 g/mol. The molecule has 52 heavy (non-hydrogen) atoms. The smallest absolute Gasteiger partial charge is 0.220 e. The van der Waals surface area contributed by atoms with E-state index < -0.39 is 0 Å². The van der Waals surface area contributed by atoms with Crippen molar-refractivity contribution in [3.8, 4) is 34.1 Å². The van der Waals surface area contributed by atoms with E-state index in [1.807, 2.05) is 24.4 Å². The lowest BCUT2D eigenvalue weighted by atomic mass is 9.88. The molecule has 10 rings (SSSR count). The van der Waals surface area contributed by atoms with Gasteiger partial charge in [0, 0.05) is 29.1 Å². The molecule has 0 spiro atoms. The SMILES string of the molecule is CC(C)(C)c1ccnc(-n2c3ccc(-c4ccccc4)cc3c3ccc(Oc4cccc(-n5c6ccccc6n6c7ccccc7nc56)c4)cc32)c1. The Balaban J connectivity index is 1.12. The minimum absolute atomic E-state index is 0.0179. The van der Waals surface area contributed by atoms with Crippen molar-refractivity contribution in [2.75, 3.05) is 0 Å². The number of fused-ring (bicyclic) bond motifs is 8. The third-order valence-electron chi connectivity index (χ3n) is 10.1. The van der Waals surface area contributed by atoms with E-state index in [-0.39, 0.29) is 5.41 Å². The Morgan fingerprint density at radius 1 is 0.519 bits per heavy atom. The van der Waals surface area contributed by atoms with E-state index in [4.69, 9.17) is 14.7 Å². The number of para-hydroxylation sites is 4. The molecule has 6 heteroatoms. The van der Waals surface area contributed by atoms with E-state index in [1.54, 1.807) is 0 Å². The third-order valence-corrected chi connectivity index (χ3v) is 10.1. The normalized spacial score (nSPS) is 12.1. The Bertz CT molecular complexity index is 2980. The first-order chi connectivity index (χ1) is 25.4. The summed E-state index contributed by atoms with van der Waals surface area (Å²) in [6.07, 6.45) is 1.92. The number of pyridine rings is 1. The van der Waals surface area contributed by atoms with Crippen LogP contribution in [0.4, 0.5) is 0 Å². The second-order valence-electron chi connectivity index (χ2n) is 14.4. The van der Waals surface area contributed by atoms with Crippen LogP contribution in [0.5, 0.6) is 11.5 Å². The molecule has 0 aliphatic rings. The van der Waals surface area contributed by atoms with Gasteiger partial charge < -0.3 is 4.74 Å². The highest BCUT2D eigenvalue weighted by atomic mass is 16.5. The number of nitrogens with zero attached hydrogens (tertiary/aromatic N) is 5. The highest BCUT2D eigenvalue weighted by Gasteiger charge is 2.20. The maximum atomic E-state index is 6.69. The summed E-state index contributed by atoms with van der Waals surface area (Å²) in [5.41, 5.74) is 10.9. The molecule has 0 fully saturated rings. The predicted molar refractivity (Wildman–Crippen MR) is 212 cm³/mol. The summed E-state index contributed by atoms with van der Waals surface area (Å²) in [4.78, 5) is 9.97. The van der Waals surface area contributed by atoms with Crippen LogP contribution in [-0.2, 0) is 5.41 Å². The van der Waals surface area contributed by atoms with Crippen LogP contribution >= 0.6 is 0 Å². The molecule has 6 nitrogen and oxygen atoms in total. The lowest BCUT2D eigenvalue weighted by Crippen LogP contribution is -2.12. The Kier molecular flexibility index (Phi) is 6.64. The summed E-state index contributed by atoms with van der Waals surface area (Å²) in [7, 11) is 0. The van der Waals surface area contributed by atoms with Gasteiger partial charge in [0.25, 0.3) is 0 Å². The van der Waals surface area contributed by atoms with Crippen LogP contribution < -0.4 is 4.74 Å². The molecular formula is C46H35N5O. The van der Waals surface area contributed by atoms with Crippen molar-refractivity contribution in [3.05, 3.63) is 163 Å². The predicted octanol–water partition coefficient (Wildman–Crippen LogP) is 11.7. The molecule has 4 aromatic heterocycles. The first-order valence-corrected chi connectivity index (χ1v) is 17.7. The van der Waals surface area contributed by atoms with Crippen LogP contribution in [0, 0.1) is 0 Å². The van der Waals surface area contributed by atoms with E-state index >= 15 is 0 Å². The maximum Gasteiger partial charge on any atom is 0.220 e. The molecule has 0 unspecified atom stereocenters. The second-order valence-corrected chi connectivity index (χ2v) is 14.4. The highest BCUT2D eigenvalue weighted by Crippen LogP contribution is 2.38. The number of imidazole rings is 2. The van der Waals surface area contributed by atoms with Gasteiger partial charge >= 0.3 is 0 Å². The van der Waals surface area contributed by atoms with Gasteiger partial charge in [0.15, 0.2) is 0 Å². The molecule has 0 saturated carbocycles. The van der Waals surface area contributed by atoms with E-state index in [9.17, 15) is 0 Å². The fourth-order valence-electron chi connectivity index (χ4n) is 7.56. The van der Waals surface area contributed by atoms with Gasteiger partial charge in [0.05, 0.1) is 38.8 Å². The van der Waals surface area contributed by atoms with Gasteiger partial charge in [-0.25, -0.2) is 9.97 Å². The number of ether oxygens (including phenoxy) is 1. The molecule has 4 heterocycles. The van der Waals surface area contributed by atoms with Gasteiger partial charge in [-0.2, -0.15) is 0 Å². The fourth-order valence-corrected chi connectivity index (χ4v) is 7.56. The lowest BCUT2D eigenvalue weighted by Gasteiger charge is -2.20. The number of hydrogen-bond donors (Lipinski definition) is 0. The van der Waals surface area contributed by atoms with Crippen LogP contribution in [-0.4, -0.2) is 23.5 Å². The number of aromatic nitrogens is 5. The zero-order valence-electron chi connectivity index (χ0n) is 29.2. The largest absolute Gasteiger partial charge is 0.457 e. The molecule has 0 aliphatic heterocycles. The van der Waals surface area contributed by atoms with E-state index in [1.165, 1.54) is 22.1 Å². The van der Waals surface area contributed by atoms with Crippen molar-refractivity contribution in [1.29, 1.82) is 0 Å². The van der Waals surface area contributed by atoms with Crippen molar-refractivity contribution in [1.82, 2.24) is 23.5 Å². The van der Waals surface area contributed by atoms with Gasteiger partial charge in [-0.15, -0.1) is 0 Å². The third kappa shape index (κ3) is 4.79. The molecule has 250 valence electrons. The standard InChI is InChI=1S/C46H35N5O/c1-46(2,3)32-24-25-47-44(27-32)50-39-23-20-31(30-12-5-4-6-13-30)26-37(39)36-22-21-35(29-43(36)50)52-34-15-11-14-33(28-34)49-41-18-9-10-19-42(41)51-40-17-8-7-16-38(40)48-45(49)51/h4-29H,1-3H3. The highest BCUT2D eigenvalue weighted by molar-refractivity contribution is 6.10. The first kappa shape index (κ1) is 30.2. The van der Waals surface area contributed by atoms with Crippen LogP contribution in [0.1, 0.15) is 26.3 Å². The average Bonchev–Trinajstić information content (AvgIpc) is 3.81. The first-order valence-electron chi connectivity index (χ1n) is 17.7. The number of benzene rings is 6. The summed E-state index contributed by atoms with van der Waals surface area (Å²) in [6, 6.07) is 52.9. The summed E-state index contributed by atoms with van der Waals surface area (Å²) in [5, 5.41) is 2.31. The minimum Gasteiger partial charge on any atom is -0.457 e. The number of hydrogen-bond acceptors (Lipinski definition) is 3. The van der Waals surface area contributed by atoms with Gasteiger partial charge in [0.2, 0.25) is 5.78 Å². The molecule has 0 amide bonds. The van der Waals surface area contributed by atoms with Crippen LogP contribution in [0.25, 0.3) is 72.3 Å². The summed E-state index contributed by atoms with van der Waals surface area (Å²) < 4.78 is 13.4. The molecule has 0 saturated heterocycles. The topological polar surface area (TPSA) is 49.3 Å². The Morgan fingerprint density at radius 2 is 1.29 bits per heavy atom. The molecule has 0 radical (unpaired) electrons. The average molecular weight is 674 g/mol. The fraction of sp³-hybridized carbons (Fsp3) is 0.0870. The van der Waals surface area contributed by atoms with Crippen molar-refractivity contribution < 1.29 is 4.74 Å². The van der Waals surface area contributed by atoms with Crippen molar-refractivity contribution in [3.63, 3.8) is 0 Å². The summed E-state index contributed by atoms with van der Waals surface area (Å²) in [5.74, 6) is 3.24. The lowest BCUT2D eigenvalue weighted by molar-refractivity contribution is 0.483. The monoisotopic (exact) mass is 673 g/mol. The van der Waals surface area contributed by atoms with Crippen LogP contribution in [0.15, 0.2) is 158 Å². The number of rotatable bonds is 5. The molecule has 10 aromatic rings. The van der Waals surface area contributed by atoms with Crippen LogP contribution in [0.2, 0.25) is 0 Å². The minimum atomic E-state index is -0.0179. The van der Waals surface area contributed by atoms with Gasteiger partial charge in [-0.05, 0) is 94.9 Å². The maximum absolute atomic E-state index is 6.69. The van der Waals surface area contributed by atoms with Crippen LogP contribution in [0.3, 0.4) is 0 Å². The Hall–Kier alpha value is -6.66. The van der Waals surface area contributed by atoms with E-state index in [2.05, 4.69) is 168 Å². The molecule has 0 bridgehead atoms. The van der Waals surface area contributed by atoms with Crippen molar-refractivity contribution in [2.24, 2.45) is 0 Å². The molecule has 0 N–H and O–H groups in total. The quantitative estimate of drug-likeness (QED) is 0.183. The molecule has 0 atom stereocenters. The van der Waals surface area contributed by atoms with Gasteiger partial charge in [-0.3, -0.25) is 13.5 Å². The summed E-state index contributed by atoms with van der Waals surface area (Å²) >= 11 is 0. The molecule has 6 aromatic carbocycles. The Morgan fingerprint density at radius 3 is 2.13 bits per heavy atom. The van der Waals surface area contributed by atoms with Gasteiger partial charge in [-0.1, -0.05) is 87.5 Å².